The molecule has 0 aromatic heterocycles. The molecule has 6 heteroatoms. The minimum absolute atomic E-state index is 0.165. The summed E-state index contributed by atoms with van der Waals surface area (Å²) in [6.07, 6.45) is 0.987. The Morgan fingerprint density at radius 3 is 2.37 bits per heavy atom. The molecule has 0 saturated carbocycles. The minimum atomic E-state index is -1.02. The van der Waals surface area contributed by atoms with Gasteiger partial charge in [-0.25, -0.2) is 4.79 Å². The van der Waals surface area contributed by atoms with Crippen molar-refractivity contribution in [3.05, 3.63) is 0 Å². The first kappa shape index (κ1) is 16.1. The number of amides is 2. The number of nitrogens with one attached hydrogen (secondary N) is 1. The van der Waals surface area contributed by atoms with Crippen LogP contribution in [0.4, 0.5) is 4.79 Å². The normalized spacial score (nSPS) is 17.8. The highest BCUT2D eigenvalue weighted by Gasteiger charge is 2.45. The molecule has 0 aromatic carbocycles. The highest BCUT2D eigenvalue weighted by atomic mass is 32.2. The van der Waals surface area contributed by atoms with E-state index in [9.17, 15) is 14.7 Å². The van der Waals surface area contributed by atoms with Crippen LogP contribution < -0.4 is 5.32 Å². The summed E-state index contributed by atoms with van der Waals surface area (Å²) in [6.45, 7) is 8.24. The summed E-state index contributed by atoms with van der Waals surface area (Å²) >= 11 is 1.85. The number of thioether (sulfide) groups is 1. The molecule has 0 aromatic rings. The SMILES string of the molecule is CC(C)(NC(=O)N1CCCSCC1)C(C)(C)C(=O)O. The first-order valence-corrected chi connectivity index (χ1v) is 7.72. The van der Waals surface area contributed by atoms with Crippen LogP contribution in [0.1, 0.15) is 34.1 Å². The largest absolute Gasteiger partial charge is 0.481 e. The zero-order valence-corrected chi connectivity index (χ0v) is 13.0. The Balaban J connectivity index is 2.71. The average Bonchev–Trinajstić information content (AvgIpc) is 2.56. The molecule has 0 spiro atoms. The maximum absolute atomic E-state index is 12.2. The summed E-state index contributed by atoms with van der Waals surface area (Å²) in [5.41, 5.74) is -1.83. The Morgan fingerprint density at radius 2 is 1.79 bits per heavy atom. The number of carbonyl (C=O) groups excluding carboxylic acids is 1. The first-order valence-electron chi connectivity index (χ1n) is 6.57. The fourth-order valence-corrected chi connectivity index (χ4v) is 2.61. The Bertz CT molecular complexity index is 348. The first-order chi connectivity index (χ1) is 8.68. The monoisotopic (exact) mass is 288 g/mol. The number of carbonyl (C=O) groups is 2. The van der Waals surface area contributed by atoms with Gasteiger partial charge in [-0.3, -0.25) is 4.79 Å². The fraction of sp³-hybridized carbons (Fsp3) is 0.846. The Kier molecular flexibility index (Phi) is 5.12. The van der Waals surface area contributed by atoms with Crippen LogP contribution in [-0.4, -0.2) is 52.1 Å². The van der Waals surface area contributed by atoms with Gasteiger partial charge >= 0.3 is 12.0 Å². The minimum Gasteiger partial charge on any atom is -0.481 e. The molecule has 1 heterocycles. The number of urea groups is 1. The summed E-state index contributed by atoms with van der Waals surface area (Å²) in [7, 11) is 0. The maximum Gasteiger partial charge on any atom is 0.317 e. The third kappa shape index (κ3) is 3.78. The molecule has 0 unspecified atom stereocenters. The molecule has 5 nitrogen and oxygen atoms in total. The quantitative estimate of drug-likeness (QED) is 0.833. The van der Waals surface area contributed by atoms with Crippen LogP contribution in [0.5, 0.6) is 0 Å². The second-order valence-corrected chi connectivity index (χ2v) is 7.16. The van der Waals surface area contributed by atoms with Gasteiger partial charge in [0.15, 0.2) is 0 Å². The molecule has 1 fully saturated rings. The van der Waals surface area contributed by atoms with Crippen molar-refractivity contribution >= 4 is 23.8 Å². The molecule has 110 valence electrons. The molecule has 2 N–H and O–H groups in total. The lowest BCUT2D eigenvalue weighted by Crippen LogP contribution is -2.59. The number of hydrogen-bond acceptors (Lipinski definition) is 3. The van der Waals surface area contributed by atoms with Crippen molar-refractivity contribution in [2.45, 2.75) is 39.7 Å². The molecular weight excluding hydrogens is 264 g/mol. The fourth-order valence-electron chi connectivity index (χ4n) is 1.72. The lowest BCUT2D eigenvalue weighted by molar-refractivity contribution is -0.150. The Hall–Kier alpha value is -0.910. The summed E-state index contributed by atoms with van der Waals surface area (Å²) in [5.74, 6) is 1.11. The van der Waals surface area contributed by atoms with Crippen LogP contribution in [0.3, 0.4) is 0 Å². The number of hydrogen-bond donors (Lipinski definition) is 2. The van der Waals surface area contributed by atoms with Gasteiger partial charge in [-0.2, -0.15) is 11.8 Å². The van der Waals surface area contributed by atoms with E-state index in [0.29, 0.717) is 0 Å². The second kappa shape index (κ2) is 6.03. The van der Waals surface area contributed by atoms with Crippen molar-refractivity contribution in [2.75, 3.05) is 24.6 Å². The lowest BCUT2D eigenvalue weighted by Gasteiger charge is -2.40. The molecular formula is C13H24N2O3S. The summed E-state index contributed by atoms with van der Waals surface area (Å²) in [6, 6.07) is -0.165. The van der Waals surface area contributed by atoms with Crippen molar-refractivity contribution in [1.82, 2.24) is 10.2 Å². The van der Waals surface area contributed by atoms with E-state index >= 15 is 0 Å². The third-order valence-corrected chi connectivity index (χ3v) is 5.07. The van der Waals surface area contributed by atoms with Gasteiger partial charge in [-0.05, 0) is 39.9 Å². The summed E-state index contributed by atoms with van der Waals surface area (Å²) in [5, 5.41) is 12.1. The lowest BCUT2D eigenvalue weighted by atomic mass is 9.74. The van der Waals surface area contributed by atoms with Crippen LogP contribution in [0.25, 0.3) is 0 Å². The topological polar surface area (TPSA) is 69.6 Å². The van der Waals surface area contributed by atoms with Gasteiger partial charge in [0.1, 0.15) is 0 Å². The highest BCUT2D eigenvalue weighted by molar-refractivity contribution is 7.99. The van der Waals surface area contributed by atoms with Gasteiger partial charge < -0.3 is 15.3 Å². The molecule has 1 rings (SSSR count). The van der Waals surface area contributed by atoms with Gasteiger partial charge in [0.25, 0.3) is 0 Å². The Labute approximate surface area is 119 Å². The number of nitrogens with zero attached hydrogens (tertiary/aromatic N) is 1. The standard InChI is InChI=1S/C13H24N2O3S/c1-12(2,10(16)17)13(3,4)14-11(18)15-6-5-8-19-9-7-15/h5-9H2,1-4H3,(H,14,18)(H,16,17). The van der Waals surface area contributed by atoms with Crippen molar-refractivity contribution in [3.63, 3.8) is 0 Å². The van der Waals surface area contributed by atoms with E-state index in [2.05, 4.69) is 5.32 Å². The molecule has 0 radical (unpaired) electrons. The van der Waals surface area contributed by atoms with Gasteiger partial charge in [0.05, 0.1) is 11.0 Å². The molecule has 0 aliphatic carbocycles. The van der Waals surface area contributed by atoms with E-state index < -0.39 is 16.9 Å². The molecule has 1 saturated heterocycles. The Morgan fingerprint density at radius 1 is 1.16 bits per heavy atom. The van der Waals surface area contributed by atoms with Crippen LogP contribution in [-0.2, 0) is 4.79 Å². The van der Waals surface area contributed by atoms with Crippen molar-refractivity contribution in [3.8, 4) is 0 Å². The zero-order chi connectivity index (χ0) is 14.7. The molecule has 0 atom stereocenters. The maximum atomic E-state index is 12.2. The second-order valence-electron chi connectivity index (χ2n) is 5.94. The molecule has 2 amide bonds. The number of rotatable bonds is 3. The predicted octanol–water partition coefficient (Wildman–Crippen LogP) is 2.02. The number of aliphatic carboxylic acids is 1. The van der Waals surface area contributed by atoms with E-state index in [1.807, 2.05) is 11.8 Å². The van der Waals surface area contributed by atoms with Crippen molar-refractivity contribution in [2.24, 2.45) is 5.41 Å². The predicted molar refractivity (Wildman–Crippen MR) is 77.5 cm³/mol. The summed E-state index contributed by atoms with van der Waals surface area (Å²) < 4.78 is 0. The summed E-state index contributed by atoms with van der Waals surface area (Å²) in [4.78, 5) is 25.3. The van der Waals surface area contributed by atoms with Gasteiger partial charge in [-0.15, -0.1) is 0 Å². The van der Waals surface area contributed by atoms with E-state index in [-0.39, 0.29) is 6.03 Å². The van der Waals surface area contributed by atoms with E-state index in [1.54, 1.807) is 32.6 Å². The zero-order valence-electron chi connectivity index (χ0n) is 12.2. The molecule has 19 heavy (non-hydrogen) atoms. The number of carboxylic acids is 1. The van der Waals surface area contributed by atoms with Crippen LogP contribution in [0.2, 0.25) is 0 Å². The van der Waals surface area contributed by atoms with Gasteiger partial charge in [0, 0.05) is 18.8 Å². The van der Waals surface area contributed by atoms with E-state index in [0.717, 1.165) is 31.0 Å². The van der Waals surface area contributed by atoms with Crippen LogP contribution in [0.15, 0.2) is 0 Å². The average molecular weight is 288 g/mol. The smallest absolute Gasteiger partial charge is 0.317 e. The number of carboxylic acid groups (broad SMARTS) is 1. The van der Waals surface area contributed by atoms with E-state index in [1.165, 1.54) is 0 Å². The van der Waals surface area contributed by atoms with Gasteiger partial charge in [0.2, 0.25) is 0 Å². The molecule has 0 bridgehead atoms. The van der Waals surface area contributed by atoms with Crippen LogP contribution >= 0.6 is 11.8 Å². The van der Waals surface area contributed by atoms with Gasteiger partial charge in [-0.1, -0.05) is 0 Å². The van der Waals surface area contributed by atoms with E-state index in [4.69, 9.17) is 0 Å². The van der Waals surface area contributed by atoms with Crippen molar-refractivity contribution < 1.29 is 14.7 Å². The third-order valence-electron chi connectivity index (χ3n) is 4.03. The molecule has 1 aliphatic heterocycles. The highest BCUT2D eigenvalue weighted by Crippen LogP contribution is 2.31. The molecule has 1 aliphatic rings. The van der Waals surface area contributed by atoms with Crippen molar-refractivity contribution in [1.29, 1.82) is 0 Å². The van der Waals surface area contributed by atoms with Crippen LogP contribution in [0, 0.1) is 5.41 Å².